The summed E-state index contributed by atoms with van der Waals surface area (Å²) in [5.41, 5.74) is 3.53. The molecule has 4 N–H and O–H groups in total. The van der Waals surface area contributed by atoms with Crippen LogP contribution in [-0.2, 0) is 29.0 Å². The summed E-state index contributed by atoms with van der Waals surface area (Å²) < 4.78 is 0. The molecule has 6 rings (SSSR count). The quantitative estimate of drug-likeness (QED) is 0.276. The van der Waals surface area contributed by atoms with Crippen molar-refractivity contribution in [3.8, 4) is 5.75 Å². The van der Waals surface area contributed by atoms with Crippen molar-refractivity contribution < 1.29 is 19.5 Å². The number of halogens is 1. The number of hydrogen-bond donors (Lipinski definition) is 4. The highest BCUT2D eigenvalue weighted by molar-refractivity contribution is 6.30. The Morgan fingerprint density at radius 1 is 0.915 bits per heavy atom. The first-order valence-corrected chi connectivity index (χ1v) is 17.1. The Morgan fingerprint density at radius 2 is 1.64 bits per heavy atom. The minimum Gasteiger partial charge on any atom is -0.508 e. The highest BCUT2D eigenvalue weighted by Gasteiger charge is 2.41. The molecule has 2 fully saturated rings. The van der Waals surface area contributed by atoms with E-state index in [1.807, 2.05) is 41.3 Å². The molecule has 1 aliphatic carbocycles. The summed E-state index contributed by atoms with van der Waals surface area (Å²) in [6, 6.07) is 20.8. The largest absolute Gasteiger partial charge is 0.508 e. The molecule has 3 aromatic rings. The third kappa shape index (κ3) is 7.97. The fraction of sp³-hybridized carbons (Fsp3) is 0.432. The molecule has 3 aliphatic rings. The number of rotatable bonds is 9. The van der Waals surface area contributed by atoms with Gasteiger partial charge in [0.15, 0.2) is 0 Å². The van der Waals surface area contributed by atoms with Gasteiger partial charge >= 0.3 is 0 Å². The van der Waals surface area contributed by atoms with E-state index in [-0.39, 0.29) is 29.0 Å². The average Bonchev–Trinajstić information content (AvgIpc) is 3.11. The van der Waals surface area contributed by atoms with Crippen LogP contribution in [0.3, 0.4) is 0 Å². The predicted molar refractivity (Wildman–Crippen MR) is 182 cm³/mol. The number of amides is 3. The Labute approximate surface area is 281 Å². The molecule has 1 saturated carbocycles. The van der Waals surface area contributed by atoms with Crippen molar-refractivity contribution in [2.75, 3.05) is 32.7 Å². The molecular weight excluding hydrogens is 614 g/mol. The van der Waals surface area contributed by atoms with Crippen molar-refractivity contribution in [3.63, 3.8) is 0 Å². The van der Waals surface area contributed by atoms with Crippen LogP contribution in [0.2, 0.25) is 5.02 Å². The van der Waals surface area contributed by atoms with Gasteiger partial charge in [0.1, 0.15) is 11.8 Å². The predicted octanol–water partition coefficient (Wildman–Crippen LogP) is 4.06. The lowest BCUT2D eigenvalue weighted by molar-refractivity contribution is -0.139. The van der Waals surface area contributed by atoms with E-state index in [1.54, 1.807) is 18.2 Å². The second kappa shape index (κ2) is 14.9. The summed E-state index contributed by atoms with van der Waals surface area (Å²) in [6.07, 6.45) is 6.27. The summed E-state index contributed by atoms with van der Waals surface area (Å²) >= 11 is 6.13. The van der Waals surface area contributed by atoms with Crippen molar-refractivity contribution in [1.29, 1.82) is 0 Å². The molecule has 2 atom stereocenters. The van der Waals surface area contributed by atoms with Gasteiger partial charge in [-0.05, 0) is 66.3 Å². The van der Waals surface area contributed by atoms with E-state index in [9.17, 15) is 19.5 Å². The average molecular weight is 658 g/mol. The van der Waals surface area contributed by atoms with Gasteiger partial charge in [0.05, 0.1) is 6.04 Å². The minimum atomic E-state index is -0.709. The zero-order valence-electron chi connectivity index (χ0n) is 26.7. The summed E-state index contributed by atoms with van der Waals surface area (Å²) in [5.74, 6) is -0.388. The van der Waals surface area contributed by atoms with Crippen molar-refractivity contribution >= 4 is 29.3 Å². The summed E-state index contributed by atoms with van der Waals surface area (Å²) in [7, 11) is 0. The lowest BCUT2D eigenvalue weighted by atomic mass is 9.79. The van der Waals surface area contributed by atoms with Crippen LogP contribution >= 0.6 is 11.6 Å². The van der Waals surface area contributed by atoms with Crippen LogP contribution in [0, 0.1) is 0 Å². The number of phenolic OH excluding ortho intramolecular Hbond substituents is 1. The number of piperazine rings is 1. The SMILES string of the molecule is O=C(NCC1(N2CCN(C(=O)C(Cc3ccc(Cl)cc3)NC(=O)C3Cc4ccccc4CN3)CC2)CCCCC1)c1cccc(O)c1. The molecule has 248 valence electrons. The third-order valence-corrected chi connectivity index (χ3v) is 10.4. The maximum Gasteiger partial charge on any atom is 0.251 e. The Morgan fingerprint density at radius 3 is 2.36 bits per heavy atom. The fourth-order valence-corrected chi connectivity index (χ4v) is 7.52. The second-order valence-electron chi connectivity index (χ2n) is 13.1. The molecule has 3 aromatic carbocycles. The molecule has 10 heteroatoms. The Hall–Kier alpha value is -3.92. The molecule has 0 radical (unpaired) electrons. The van der Waals surface area contributed by atoms with Gasteiger partial charge in [0.2, 0.25) is 11.8 Å². The number of nitrogens with one attached hydrogen (secondary N) is 3. The van der Waals surface area contributed by atoms with Crippen LogP contribution in [0.25, 0.3) is 0 Å². The molecule has 0 bridgehead atoms. The van der Waals surface area contributed by atoms with Crippen molar-refractivity contribution in [2.45, 2.75) is 69.1 Å². The number of hydrogen-bond acceptors (Lipinski definition) is 6. The molecule has 9 nitrogen and oxygen atoms in total. The highest BCUT2D eigenvalue weighted by Crippen LogP contribution is 2.34. The molecule has 2 heterocycles. The molecule has 47 heavy (non-hydrogen) atoms. The van der Waals surface area contributed by atoms with E-state index in [2.05, 4.69) is 33.0 Å². The first-order valence-electron chi connectivity index (χ1n) is 16.8. The maximum absolute atomic E-state index is 14.1. The number of benzene rings is 3. The summed E-state index contributed by atoms with van der Waals surface area (Å²) in [6.45, 7) is 3.60. The van der Waals surface area contributed by atoms with Crippen molar-refractivity contribution in [3.05, 3.63) is 100 Å². The Bertz CT molecular complexity index is 1570. The molecule has 0 spiro atoms. The van der Waals surface area contributed by atoms with E-state index in [1.165, 1.54) is 18.1 Å². The van der Waals surface area contributed by atoms with Crippen LogP contribution in [0.5, 0.6) is 5.75 Å². The number of phenols is 1. The Kier molecular flexibility index (Phi) is 10.4. The van der Waals surface area contributed by atoms with Crippen LogP contribution in [-0.4, -0.2) is 83.0 Å². The lowest BCUT2D eigenvalue weighted by Gasteiger charge is -2.50. The number of aromatic hydroxyl groups is 1. The fourth-order valence-electron chi connectivity index (χ4n) is 7.40. The van der Waals surface area contributed by atoms with Crippen molar-refractivity contribution in [1.82, 2.24) is 25.8 Å². The topological polar surface area (TPSA) is 114 Å². The first-order chi connectivity index (χ1) is 22.8. The molecule has 1 saturated heterocycles. The second-order valence-corrected chi connectivity index (χ2v) is 13.6. The van der Waals surface area contributed by atoms with E-state index in [4.69, 9.17) is 11.6 Å². The van der Waals surface area contributed by atoms with Crippen molar-refractivity contribution in [2.24, 2.45) is 0 Å². The van der Waals surface area contributed by atoms with Gasteiger partial charge in [-0.3, -0.25) is 19.3 Å². The molecular formula is C37H44ClN5O4. The number of nitrogens with zero attached hydrogens (tertiary/aromatic N) is 2. The third-order valence-electron chi connectivity index (χ3n) is 10.1. The monoisotopic (exact) mass is 657 g/mol. The summed E-state index contributed by atoms with van der Waals surface area (Å²) in [4.78, 5) is 45.0. The Balaban J connectivity index is 1.11. The smallest absolute Gasteiger partial charge is 0.251 e. The van der Waals surface area contributed by atoms with E-state index >= 15 is 0 Å². The molecule has 3 amide bonds. The molecule has 0 aromatic heterocycles. The van der Waals surface area contributed by atoms with Gasteiger partial charge < -0.3 is 26.0 Å². The normalized spacial score (nSPS) is 20.1. The van der Waals surface area contributed by atoms with Gasteiger partial charge in [0.25, 0.3) is 5.91 Å². The van der Waals surface area contributed by atoms with Crippen LogP contribution in [0.4, 0.5) is 0 Å². The zero-order valence-corrected chi connectivity index (χ0v) is 27.5. The van der Waals surface area contributed by atoms with Gasteiger partial charge in [-0.2, -0.15) is 0 Å². The first kappa shape index (κ1) is 33.0. The zero-order chi connectivity index (χ0) is 32.8. The van der Waals surface area contributed by atoms with Gasteiger partial charge in [-0.15, -0.1) is 0 Å². The molecule has 2 aliphatic heterocycles. The van der Waals surface area contributed by atoms with Gasteiger partial charge in [-0.1, -0.05) is 73.3 Å². The standard InChI is InChI=1S/C37H44ClN5O4/c38-30-13-11-26(12-14-30)21-33(41-35(46)32-23-27-7-2-3-8-29(27)24-39-32)36(47)42-17-19-43(20-18-42)37(15-4-1-5-16-37)25-40-34(45)28-9-6-10-31(44)22-28/h2-3,6-14,22,32-33,39,44H,1,4-5,15-21,23-25H2,(H,40,45)(H,41,46). The number of carbonyl (C=O) groups excluding carboxylic acids is 3. The maximum atomic E-state index is 14.1. The van der Waals surface area contributed by atoms with Crippen LogP contribution < -0.4 is 16.0 Å². The van der Waals surface area contributed by atoms with E-state index < -0.39 is 12.1 Å². The molecule has 2 unspecified atom stereocenters. The highest BCUT2D eigenvalue weighted by atomic mass is 35.5. The number of carbonyl (C=O) groups is 3. The van der Waals surface area contributed by atoms with Crippen LogP contribution in [0.15, 0.2) is 72.8 Å². The van der Waals surface area contributed by atoms with Crippen LogP contribution in [0.1, 0.15) is 59.2 Å². The van der Waals surface area contributed by atoms with E-state index in [0.29, 0.717) is 62.7 Å². The van der Waals surface area contributed by atoms with Gasteiger partial charge in [0, 0.05) is 61.8 Å². The van der Waals surface area contributed by atoms with E-state index in [0.717, 1.165) is 36.8 Å². The summed E-state index contributed by atoms with van der Waals surface area (Å²) in [5, 5.41) is 20.1. The lowest BCUT2D eigenvalue weighted by Crippen LogP contribution is -2.64. The minimum absolute atomic E-state index is 0.0664. The number of fused-ring (bicyclic) bond motifs is 1. The van der Waals surface area contributed by atoms with Gasteiger partial charge in [-0.25, -0.2) is 0 Å².